The molecule has 0 radical (unpaired) electrons. The Morgan fingerprint density at radius 1 is 1.42 bits per heavy atom. The molecular formula is C14H20N4O. The minimum atomic E-state index is -0.0697. The van der Waals surface area contributed by atoms with Gasteiger partial charge in [-0.1, -0.05) is 0 Å². The fourth-order valence-electron chi connectivity index (χ4n) is 2.65. The highest BCUT2D eigenvalue weighted by molar-refractivity contribution is 5.93. The number of anilines is 1. The fourth-order valence-corrected chi connectivity index (χ4v) is 2.65. The lowest BCUT2D eigenvalue weighted by atomic mass is 10.2. The molecule has 1 saturated carbocycles. The molecule has 1 unspecified atom stereocenters. The van der Waals surface area contributed by atoms with E-state index in [-0.39, 0.29) is 11.9 Å². The molecule has 2 N–H and O–H groups in total. The van der Waals surface area contributed by atoms with E-state index in [2.05, 4.69) is 20.5 Å². The number of aromatic nitrogens is 1. The summed E-state index contributed by atoms with van der Waals surface area (Å²) >= 11 is 0. The van der Waals surface area contributed by atoms with Gasteiger partial charge in [0.05, 0.1) is 0 Å². The summed E-state index contributed by atoms with van der Waals surface area (Å²) in [6.07, 6.45) is 5.36. The van der Waals surface area contributed by atoms with Crippen molar-refractivity contribution in [3.8, 4) is 0 Å². The van der Waals surface area contributed by atoms with Gasteiger partial charge in [0.25, 0.3) is 5.91 Å². The first kappa shape index (κ1) is 12.4. The van der Waals surface area contributed by atoms with Crippen molar-refractivity contribution in [2.75, 3.05) is 25.5 Å². The molecule has 5 nitrogen and oxygen atoms in total. The summed E-state index contributed by atoms with van der Waals surface area (Å²) in [6, 6.07) is 4.69. The van der Waals surface area contributed by atoms with Crippen LogP contribution in [-0.2, 0) is 0 Å². The van der Waals surface area contributed by atoms with Gasteiger partial charge in [-0.3, -0.25) is 14.7 Å². The summed E-state index contributed by atoms with van der Waals surface area (Å²) < 4.78 is 0. The molecule has 2 heterocycles. The number of carbonyl (C=O) groups excluding carboxylic acids is 1. The molecule has 1 aliphatic heterocycles. The highest BCUT2D eigenvalue weighted by Crippen LogP contribution is 2.29. The molecule has 3 rings (SSSR count). The fraction of sp³-hybridized carbons (Fsp3) is 0.571. The van der Waals surface area contributed by atoms with Gasteiger partial charge < -0.3 is 10.6 Å². The zero-order valence-electron chi connectivity index (χ0n) is 11.2. The zero-order valence-corrected chi connectivity index (χ0v) is 11.2. The maximum atomic E-state index is 12.1. The van der Waals surface area contributed by atoms with Crippen molar-refractivity contribution in [1.29, 1.82) is 0 Å². The van der Waals surface area contributed by atoms with E-state index in [9.17, 15) is 4.79 Å². The van der Waals surface area contributed by atoms with Crippen molar-refractivity contribution >= 4 is 11.6 Å². The third-order valence-corrected chi connectivity index (χ3v) is 3.90. The Morgan fingerprint density at radius 3 is 3.00 bits per heavy atom. The van der Waals surface area contributed by atoms with Gasteiger partial charge in [-0.05, 0) is 31.4 Å². The van der Waals surface area contributed by atoms with Gasteiger partial charge in [-0.15, -0.1) is 0 Å². The highest BCUT2D eigenvalue weighted by atomic mass is 16.1. The van der Waals surface area contributed by atoms with Crippen molar-refractivity contribution in [3.05, 3.63) is 24.0 Å². The van der Waals surface area contributed by atoms with Crippen LogP contribution in [0.4, 0.5) is 5.69 Å². The van der Waals surface area contributed by atoms with E-state index in [0.717, 1.165) is 31.2 Å². The molecule has 0 bridgehead atoms. The number of hydrogen-bond acceptors (Lipinski definition) is 4. The number of rotatable bonds is 4. The van der Waals surface area contributed by atoms with Crippen LogP contribution in [0.5, 0.6) is 0 Å². The average molecular weight is 260 g/mol. The smallest absolute Gasteiger partial charge is 0.270 e. The van der Waals surface area contributed by atoms with Gasteiger partial charge in [-0.2, -0.15) is 0 Å². The van der Waals surface area contributed by atoms with Crippen LogP contribution in [0, 0.1) is 0 Å². The Balaban J connectivity index is 1.58. The second-order valence-electron chi connectivity index (χ2n) is 5.36. The first-order chi connectivity index (χ1) is 9.26. The maximum absolute atomic E-state index is 12.1. The highest BCUT2D eigenvalue weighted by Gasteiger charge is 2.34. The largest absolute Gasteiger partial charge is 0.388 e. The molecule has 19 heavy (non-hydrogen) atoms. The average Bonchev–Trinajstić information content (AvgIpc) is 3.19. The van der Waals surface area contributed by atoms with Crippen LogP contribution in [0.25, 0.3) is 0 Å². The summed E-state index contributed by atoms with van der Waals surface area (Å²) in [5, 5.41) is 6.11. The van der Waals surface area contributed by atoms with Crippen molar-refractivity contribution in [3.63, 3.8) is 0 Å². The van der Waals surface area contributed by atoms with Crippen LogP contribution in [0.3, 0.4) is 0 Å². The normalized spacial score (nSPS) is 23.3. The molecule has 0 spiro atoms. The summed E-state index contributed by atoms with van der Waals surface area (Å²) in [6.45, 7) is 2.10. The summed E-state index contributed by atoms with van der Waals surface area (Å²) in [5.41, 5.74) is 1.39. The van der Waals surface area contributed by atoms with Crippen LogP contribution in [0.2, 0.25) is 0 Å². The van der Waals surface area contributed by atoms with Crippen LogP contribution in [-0.4, -0.2) is 48.0 Å². The van der Waals surface area contributed by atoms with Crippen LogP contribution >= 0.6 is 0 Å². The number of amides is 1. The van der Waals surface area contributed by atoms with Gasteiger partial charge in [0.1, 0.15) is 5.69 Å². The third kappa shape index (κ3) is 2.87. The number of pyridine rings is 1. The van der Waals surface area contributed by atoms with Crippen molar-refractivity contribution < 1.29 is 4.79 Å². The number of hydrogen-bond donors (Lipinski definition) is 2. The van der Waals surface area contributed by atoms with Gasteiger partial charge in [-0.25, -0.2) is 0 Å². The maximum Gasteiger partial charge on any atom is 0.270 e. The molecule has 1 amide bonds. The predicted molar refractivity (Wildman–Crippen MR) is 74.2 cm³/mol. The van der Waals surface area contributed by atoms with Gasteiger partial charge >= 0.3 is 0 Å². The van der Waals surface area contributed by atoms with Crippen LogP contribution in [0.15, 0.2) is 18.3 Å². The third-order valence-electron chi connectivity index (χ3n) is 3.90. The van der Waals surface area contributed by atoms with E-state index in [0.29, 0.717) is 5.69 Å². The summed E-state index contributed by atoms with van der Waals surface area (Å²) in [7, 11) is 1.83. The lowest BCUT2D eigenvalue weighted by molar-refractivity contribution is 0.0932. The second kappa shape index (κ2) is 5.17. The Bertz CT molecular complexity index is 472. The Labute approximate surface area is 113 Å². The number of likely N-dealkylation sites (tertiary alicyclic amines) is 1. The lowest BCUT2D eigenvalue weighted by Crippen LogP contribution is -2.37. The number of nitrogens with one attached hydrogen (secondary N) is 2. The van der Waals surface area contributed by atoms with E-state index in [1.807, 2.05) is 13.1 Å². The lowest BCUT2D eigenvalue weighted by Gasteiger charge is -2.15. The molecule has 1 saturated heterocycles. The first-order valence-electron chi connectivity index (χ1n) is 6.95. The van der Waals surface area contributed by atoms with Crippen molar-refractivity contribution in [2.24, 2.45) is 0 Å². The zero-order chi connectivity index (χ0) is 13.2. The SMILES string of the molecule is CNc1ccnc(C(=O)NC2CCN(C3CC3)C2)c1. The van der Waals surface area contributed by atoms with Gasteiger partial charge in [0.15, 0.2) is 0 Å². The van der Waals surface area contributed by atoms with Gasteiger partial charge in [0, 0.05) is 44.1 Å². The second-order valence-corrected chi connectivity index (χ2v) is 5.36. The topological polar surface area (TPSA) is 57.3 Å². The molecule has 5 heteroatoms. The number of nitrogens with zero attached hydrogens (tertiary/aromatic N) is 2. The van der Waals surface area contributed by atoms with Crippen molar-refractivity contribution in [1.82, 2.24) is 15.2 Å². The molecule has 0 aromatic carbocycles. The van der Waals surface area contributed by atoms with E-state index in [4.69, 9.17) is 0 Å². The summed E-state index contributed by atoms with van der Waals surface area (Å²) in [5.74, 6) is -0.0697. The summed E-state index contributed by atoms with van der Waals surface area (Å²) in [4.78, 5) is 18.8. The molecular weight excluding hydrogens is 240 g/mol. The minimum Gasteiger partial charge on any atom is -0.388 e. The van der Waals surface area contributed by atoms with E-state index >= 15 is 0 Å². The van der Waals surface area contributed by atoms with Crippen LogP contribution < -0.4 is 10.6 Å². The Morgan fingerprint density at radius 2 is 2.26 bits per heavy atom. The number of carbonyl (C=O) groups is 1. The quantitative estimate of drug-likeness (QED) is 0.851. The molecule has 2 aliphatic rings. The van der Waals surface area contributed by atoms with Gasteiger partial charge in [0.2, 0.25) is 0 Å². The first-order valence-corrected chi connectivity index (χ1v) is 6.95. The molecule has 1 aromatic rings. The standard InChI is InChI=1S/C14H20N4O/c1-15-10-4-6-16-13(8-10)14(19)17-11-5-7-18(9-11)12-2-3-12/h4,6,8,11-12H,2-3,5,7,9H2,1H3,(H,15,16)(H,17,19). The Hall–Kier alpha value is -1.62. The minimum absolute atomic E-state index is 0.0697. The molecule has 1 aromatic heterocycles. The van der Waals surface area contributed by atoms with E-state index < -0.39 is 0 Å². The predicted octanol–water partition coefficient (Wildman–Crippen LogP) is 1.09. The van der Waals surface area contributed by atoms with Crippen LogP contribution in [0.1, 0.15) is 29.8 Å². The van der Waals surface area contributed by atoms with Crippen molar-refractivity contribution in [2.45, 2.75) is 31.3 Å². The van der Waals surface area contributed by atoms with E-state index in [1.165, 1.54) is 12.8 Å². The Kier molecular flexibility index (Phi) is 3.38. The molecule has 1 aliphatic carbocycles. The molecule has 102 valence electrons. The van der Waals surface area contributed by atoms with E-state index in [1.54, 1.807) is 12.3 Å². The molecule has 1 atom stereocenters. The monoisotopic (exact) mass is 260 g/mol. The molecule has 2 fully saturated rings.